The molecule has 3 rings (SSSR count). The summed E-state index contributed by atoms with van der Waals surface area (Å²) < 4.78 is 5.62. The Balaban J connectivity index is 1.63. The van der Waals surface area contributed by atoms with Gasteiger partial charge >= 0.3 is 0 Å². The van der Waals surface area contributed by atoms with Gasteiger partial charge in [-0.15, -0.1) is 0 Å². The molecule has 25 heavy (non-hydrogen) atoms. The van der Waals surface area contributed by atoms with Crippen LogP contribution >= 0.6 is 0 Å². The summed E-state index contributed by atoms with van der Waals surface area (Å²) >= 11 is 0. The Morgan fingerprint density at radius 3 is 2.60 bits per heavy atom. The minimum absolute atomic E-state index is 0.0105. The predicted molar refractivity (Wildman–Crippen MR) is 95.1 cm³/mol. The van der Waals surface area contributed by atoms with Crippen LogP contribution in [0.15, 0.2) is 65.5 Å². The fraction of sp³-hybridized carbons (Fsp3) is 0.150. The van der Waals surface area contributed by atoms with Crippen LogP contribution in [0.5, 0.6) is 5.75 Å². The molecule has 2 aromatic carbocycles. The lowest BCUT2D eigenvalue weighted by Gasteiger charge is -2.08. The standard InChI is InChI=1S/C20H18N2O3/c1-14-5-7-16(8-6-14)19(23)13-25-18-4-2-3-15(12-18)11-17-9-10-20(24)22-21-17/h2-10,12H,11,13H2,1H3,(H,22,24). The molecule has 5 nitrogen and oxygen atoms in total. The van der Waals surface area contributed by atoms with Crippen LogP contribution in [0.4, 0.5) is 0 Å². The highest BCUT2D eigenvalue weighted by Crippen LogP contribution is 2.16. The van der Waals surface area contributed by atoms with E-state index in [0.717, 1.165) is 16.8 Å². The zero-order valence-electron chi connectivity index (χ0n) is 13.9. The van der Waals surface area contributed by atoms with E-state index in [1.54, 1.807) is 18.2 Å². The number of aromatic nitrogens is 2. The molecule has 1 heterocycles. The number of Topliss-reactive ketones (excluding diaryl/α,β-unsaturated/α-hetero) is 1. The number of nitrogens with zero attached hydrogens (tertiary/aromatic N) is 1. The Bertz CT molecular complexity index is 910. The molecule has 3 aromatic rings. The fourth-order valence-corrected chi connectivity index (χ4v) is 2.40. The monoisotopic (exact) mass is 334 g/mol. The van der Waals surface area contributed by atoms with Crippen LogP contribution < -0.4 is 10.3 Å². The largest absolute Gasteiger partial charge is 0.485 e. The molecule has 5 heteroatoms. The van der Waals surface area contributed by atoms with Crippen molar-refractivity contribution in [2.75, 3.05) is 6.61 Å². The summed E-state index contributed by atoms with van der Waals surface area (Å²) in [5.41, 5.74) is 3.27. The van der Waals surface area contributed by atoms with Crippen LogP contribution in [0.2, 0.25) is 0 Å². The third kappa shape index (κ3) is 4.64. The van der Waals surface area contributed by atoms with Gasteiger partial charge in [-0.2, -0.15) is 5.10 Å². The zero-order chi connectivity index (χ0) is 17.6. The Labute approximate surface area is 145 Å². The average Bonchev–Trinajstić information content (AvgIpc) is 2.63. The molecule has 0 unspecified atom stereocenters. The second-order valence-corrected chi connectivity index (χ2v) is 5.81. The van der Waals surface area contributed by atoms with E-state index in [0.29, 0.717) is 17.7 Å². The van der Waals surface area contributed by atoms with Crippen LogP contribution in [0.1, 0.15) is 27.2 Å². The second-order valence-electron chi connectivity index (χ2n) is 5.81. The quantitative estimate of drug-likeness (QED) is 0.704. The van der Waals surface area contributed by atoms with Crippen molar-refractivity contribution in [3.8, 4) is 5.75 Å². The summed E-state index contributed by atoms with van der Waals surface area (Å²) in [6.07, 6.45) is 0.569. The maximum absolute atomic E-state index is 12.2. The van der Waals surface area contributed by atoms with Gasteiger partial charge in [0.25, 0.3) is 5.56 Å². The number of ketones is 1. The molecule has 0 aliphatic heterocycles. The van der Waals surface area contributed by atoms with E-state index < -0.39 is 0 Å². The van der Waals surface area contributed by atoms with E-state index in [9.17, 15) is 9.59 Å². The predicted octanol–water partition coefficient (Wildman–Crippen LogP) is 2.93. The number of benzene rings is 2. The van der Waals surface area contributed by atoms with Gasteiger partial charge < -0.3 is 4.74 Å². The van der Waals surface area contributed by atoms with Gasteiger partial charge in [-0.25, -0.2) is 5.10 Å². The van der Waals surface area contributed by atoms with E-state index in [1.807, 2.05) is 43.3 Å². The number of rotatable bonds is 6. The molecule has 126 valence electrons. The number of carbonyl (C=O) groups excluding carboxylic acids is 1. The molecule has 0 amide bonds. The number of carbonyl (C=O) groups is 1. The molecule has 0 bridgehead atoms. The molecule has 1 N–H and O–H groups in total. The third-order valence-corrected chi connectivity index (χ3v) is 3.76. The maximum atomic E-state index is 12.2. The van der Waals surface area contributed by atoms with Gasteiger partial charge in [0.15, 0.2) is 12.4 Å². The molecule has 0 fully saturated rings. The fourth-order valence-electron chi connectivity index (χ4n) is 2.40. The highest BCUT2D eigenvalue weighted by molar-refractivity contribution is 5.97. The minimum atomic E-state index is -0.226. The topological polar surface area (TPSA) is 72.1 Å². The van der Waals surface area contributed by atoms with Crippen LogP contribution in [0.25, 0.3) is 0 Å². The minimum Gasteiger partial charge on any atom is -0.485 e. The van der Waals surface area contributed by atoms with Crippen molar-refractivity contribution in [3.63, 3.8) is 0 Å². The average molecular weight is 334 g/mol. The summed E-state index contributed by atoms with van der Waals surface area (Å²) in [7, 11) is 0. The SMILES string of the molecule is Cc1ccc(C(=O)COc2cccc(Cc3ccc(=O)[nH]n3)c2)cc1. The first-order valence-electron chi connectivity index (χ1n) is 7.96. The van der Waals surface area contributed by atoms with Gasteiger partial charge in [0.1, 0.15) is 5.75 Å². The van der Waals surface area contributed by atoms with Crippen molar-refractivity contribution < 1.29 is 9.53 Å². The highest BCUT2D eigenvalue weighted by atomic mass is 16.5. The number of hydrogen-bond acceptors (Lipinski definition) is 4. The van der Waals surface area contributed by atoms with Crippen LogP contribution in [0.3, 0.4) is 0 Å². The maximum Gasteiger partial charge on any atom is 0.264 e. The Kier molecular flexibility index (Phi) is 5.04. The first-order valence-corrected chi connectivity index (χ1v) is 7.96. The molecule has 0 aliphatic rings. The van der Waals surface area contributed by atoms with E-state index in [-0.39, 0.29) is 17.9 Å². The van der Waals surface area contributed by atoms with Gasteiger partial charge in [-0.05, 0) is 30.7 Å². The third-order valence-electron chi connectivity index (χ3n) is 3.76. The summed E-state index contributed by atoms with van der Waals surface area (Å²) in [6.45, 7) is 1.97. The van der Waals surface area contributed by atoms with Crippen molar-refractivity contribution in [3.05, 3.63) is 93.4 Å². The number of hydrogen-bond donors (Lipinski definition) is 1. The molecule has 0 spiro atoms. The van der Waals surface area contributed by atoms with Gasteiger partial charge in [-0.3, -0.25) is 9.59 Å². The number of H-pyrrole nitrogens is 1. The van der Waals surface area contributed by atoms with E-state index in [1.165, 1.54) is 6.07 Å². The van der Waals surface area contributed by atoms with Crippen molar-refractivity contribution in [1.82, 2.24) is 10.2 Å². The second kappa shape index (κ2) is 7.57. The lowest BCUT2D eigenvalue weighted by Crippen LogP contribution is -2.11. The first-order chi connectivity index (χ1) is 12.1. The Hall–Kier alpha value is -3.21. The van der Waals surface area contributed by atoms with Gasteiger partial charge in [0, 0.05) is 18.1 Å². The molecule has 1 aromatic heterocycles. The van der Waals surface area contributed by atoms with Crippen molar-refractivity contribution in [2.24, 2.45) is 0 Å². The van der Waals surface area contributed by atoms with Crippen LogP contribution in [-0.2, 0) is 6.42 Å². The molecule has 0 aliphatic carbocycles. The Morgan fingerprint density at radius 1 is 1.08 bits per heavy atom. The van der Waals surface area contributed by atoms with E-state index >= 15 is 0 Å². The highest BCUT2D eigenvalue weighted by Gasteiger charge is 2.07. The lowest BCUT2D eigenvalue weighted by atomic mass is 10.1. The number of aromatic amines is 1. The van der Waals surface area contributed by atoms with Crippen LogP contribution in [0, 0.1) is 6.92 Å². The van der Waals surface area contributed by atoms with Gasteiger partial charge in [-0.1, -0.05) is 42.0 Å². The molecule has 0 saturated heterocycles. The Morgan fingerprint density at radius 2 is 1.88 bits per heavy atom. The molecule has 0 atom stereocenters. The number of aryl methyl sites for hydroxylation is 1. The molecular formula is C20H18N2O3. The summed E-state index contributed by atoms with van der Waals surface area (Å²) in [5.74, 6) is 0.565. The van der Waals surface area contributed by atoms with Crippen molar-refractivity contribution in [2.45, 2.75) is 13.3 Å². The smallest absolute Gasteiger partial charge is 0.264 e. The van der Waals surface area contributed by atoms with Crippen molar-refractivity contribution >= 4 is 5.78 Å². The van der Waals surface area contributed by atoms with E-state index in [2.05, 4.69) is 10.2 Å². The summed E-state index contributed by atoms with van der Waals surface area (Å²) in [5, 5.41) is 6.41. The summed E-state index contributed by atoms with van der Waals surface area (Å²) in [4.78, 5) is 23.2. The normalized spacial score (nSPS) is 10.4. The molecule has 0 saturated carbocycles. The number of nitrogens with one attached hydrogen (secondary N) is 1. The number of ether oxygens (including phenoxy) is 1. The first kappa shape index (κ1) is 16.6. The zero-order valence-corrected chi connectivity index (χ0v) is 13.9. The molecule has 0 radical (unpaired) electrons. The summed E-state index contributed by atoms with van der Waals surface area (Å²) in [6, 6.07) is 18.1. The lowest BCUT2D eigenvalue weighted by molar-refractivity contribution is 0.0921. The molecular weight excluding hydrogens is 316 g/mol. The van der Waals surface area contributed by atoms with Gasteiger partial charge in [0.2, 0.25) is 0 Å². The van der Waals surface area contributed by atoms with Crippen molar-refractivity contribution in [1.29, 1.82) is 0 Å². The van der Waals surface area contributed by atoms with E-state index in [4.69, 9.17) is 4.74 Å². The van der Waals surface area contributed by atoms with Crippen LogP contribution in [-0.4, -0.2) is 22.6 Å². The van der Waals surface area contributed by atoms with Gasteiger partial charge in [0.05, 0.1) is 5.69 Å².